The first-order valence-corrected chi connectivity index (χ1v) is 10.6. The molecule has 2 aliphatic rings. The van der Waals surface area contributed by atoms with Crippen LogP contribution in [0.4, 0.5) is 15.1 Å². The van der Waals surface area contributed by atoms with Crippen molar-refractivity contribution in [2.45, 2.75) is 18.8 Å². The molecule has 1 aromatic heterocycles. The molecule has 0 spiro atoms. The van der Waals surface area contributed by atoms with Crippen molar-refractivity contribution in [3.63, 3.8) is 0 Å². The van der Waals surface area contributed by atoms with E-state index in [-0.39, 0.29) is 6.54 Å². The predicted octanol–water partition coefficient (Wildman–Crippen LogP) is 2.92. The van der Waals surface area contributed by atoms with Crippen LogP contribution in [0.25, 0.3) is 11.4 Å². The van der Waals surface area contributed by atoms with Crippen LogP contribution >= 0.6 is 15.9 Å². The third-order valence-corrected chi connectivity index (χ3v) is 6.23. The third kappa shape index (κ3) is 3.03. The van der Waals surface area contributed by atoms with Crippen LogP contribution in [0.15, 0.2) is 46.9 Å². The van der Waals surface area contributed by atoms with Gasteiger partial charge in [0.05, 0.1) is 12.7 Å². The molecule has 164 valence electrons. The van der Waals surface area contributed by atoms with Crippen molar-refractivity contribution in [2.75, 3.05) is 19.1 Å². The lowest BCUT2D eigenvalue weighted by Gasteiger charge is -2.37. The van der Waals surface area contributed by atoms with Gasteiger partial charge in [-0.3, -0.25) is 14.7 Å². The first-order valence-electron chi connectivity index (χ1n) is 9.77. The molecule has 0 saturated carbocycles. The Labute approximate surface area is 190 Å². The van der Waals surface area contributed by atoms with Crippen LogP contribution in [0.1, 0.15) is 11.7 Å². The highest BCUT2D eigenvalue weighted by molar-refractivity contribution is 9.10. The molecule has 0 aliphatic carbocycles. The highest BCUT2D eigenvalue weighted by Crippen LogP contribution is 2.43. The summed E-state index contributed by atoms with van der Waals surface area (Å²) in [4.78, 5) is 28.5. The molecule has 0 radical (unpaired) electrons. The molecule has 5 rings (SSSR count). The van der Waals surface area contributed by atoms with E-state index < -0.39 is 30.0 Å². The number of carbonyl (C=O) groups excluding carboxylic acids is 2. The summed E-state index contributed by atoms with van der Waals surface area (Å²) in [5, 5.41) is 11.1. The number of likely N-dealkylation sites (N-methyl/N-ethyl adjacent to an activating group) is 1. The smallest absolute Gasteiger partial charge is 0.325 e. The molecule has 9 nitrogen and oxygen atoms in total. The fourth-order valence-corrected chi connectivity index (χ4v) is 4.58. The summed E-state index contributed by atoms with van der Waals surface area (Å²) in [5.41, 5.74) is 1.04. The number of anilines is 1. The second-order valence-corrected chi connectivity index (χ2v) is 8.44. The minimum Gasteiger partial charge on any atom is -0.496 e. The molecule has 32 heavy (non-hydrogen) atoms. The molecular formula is C21H18BrFN6O3. The van der Waals surface area contributed by atoms with Crippen LogP contribution in [-0.2, 0) is 11.3 Å². The number of nitrogens with one attached hydrogen (secondary N) is 1. The number of methoxy groups -OCH3 is 1. The Kier molecular flexibility index (Phi) is 4.85. The topological polar surface area (TPSA) is 92.6 Å². The number of halogens is 2. The highest BCUT2D eigenvalue weighted by Gasteiger charge is 2.52. The SMILES string of the molecule is COc1ccc(Br)cc1-c1nnc2n1C1C(C(=O)NC(=O)N1C)N2Cc1ccccc1F. The molecule has 2 aromatic carbocycles. The lowest BCUT2D eigenvalue weighted by atomic mass is 10.1. The fourth-order valence-electron chi connectivity index (χ4n) is 4.22. The van der Waals surface area contributed by atoms with Crippen LogP contribution in [0, 0.1) is 5.82 Å². The normalized spacial score (nSPS) is 19.6. The molecular weight excluding hydrogens is 483 g/mol. The summed E-state index contributed by atoms with van der Waals surface area (Å²) in [7, 11) is 3.14. The highest BCUT2D eigenvalue weighted by atomic mass is 79.9. The summed E-state index contributed by atoms with van der Waals surface area (Å²) in [6, 6.07) is 10.5. The summed E-state index contributed by atoms with van der Waals surface area (Å²) < 4.78 is 22.5. The van der Waals surface area contributed by atoms with Gasteiger partial charge in [0.1, 0.15) is 17.7 Å². The average Bonchev–Trinajstić information content (AvgIpc) is 3.33. The van der Waals surface area contributed by atoms with Crippen LogP contribution < -0.4 is 15.0 Å². The zero-order valence-corrected chi connectivity index (χ0v) is 18.7. The Bertz CT molecular complexity index is 1250. The van der Waals surface area contributed by atoms with E-state index in [9.17, 15) is 14.0 Å². The van der Waals surface area contributed by atoms with E-state index in [1.807, 2.05) is 12.1 Å². The maximum absolute atomic E-state index is 14.4. The number of ether oxygens (including phenoxy) is 1. The summed E-state index contributed by atoms with van der Waals surface area (Å²) in [6.07, 6.45) is -0.716. The van der Waals surface area contributed by atoms with Crippen molar-refractivity contribution >= 4 is 33.8 Å². The predicted molar refractivity (Wildman–Crippen MR) is 116 cm³/mol. The van der Waals surface area contributed by atoms with E-state index in [0.29, 0.717) is 28.6 Å². The van der Waals surface area contributed by atoms with Crippen LogP contribution in [0.2, 0.25) is 0 Å². The molecule has 0 bridgehead atoms. The lowest BCUT2D eigenvalue weighted by Crippen LogP contribution is -2.61. The third-order valence-electron chi connectivity index (χ3n) is 5.73. The zero-order valence-electron chi connectivity index (χ0n) is 17.1. The average molecular weight is 501 g/mol. The number of benzene rings is 2. The Balaban J connectivity index is 1.69. The quantitative estimate of drug-likeness (QED) is 0.591. The molecule has 1 fully saturated rings. The van der Waals surface area contributed by atoms with E-state index in [0.717, 1.165) is 4.47 Å². The number of rotatable bonds is 4. The molecule has 1 saturated heterocycles. The van der Waals surface area contributed by atoms with Gasteiger partial charge in [0.2, 0.25) is 5.95 Å². The number of aromatic nitrogens is 3. The Hall–Kier alpha value is -3.47. The van der Waals surface area contributed by atoms with Crippen molar-refractivity contribution in [1.29, 1.82) is 0 Å². The summed E-state index contributed by atoms with van der Waals surface area (Å²) in [6.45, 7) is 0.0804. The van der Waals surface area contributed by atoms with Gasteiger partial charge in [-0.15, -0.1) is 10.2 Å². The van der Waals surface area contributed by atoms with Crippen LogP contribution in [-0.4, -0.2) is 51.8 Å². The van der Waals surface area contributed by atoms with Gasteiger partial charge < -0.3 is 14.5 Å². The Morgan fingerprint density at radius 3 is 2.72 bits per heavy atom. The van der Waals surface area contributed by atoms with E-state index in [1.54, 1.807) is 47.9 Å². The number of imide groups is 1. The van der Waals surface area contributed by atoms with Crippen molar-refractivity contribution in [3.05, 3.63) is 58.3 Å². The first kappa shape index (κ1) is 20.4. The molecule has 2 unspecified atom stereocenters. The largest absolute Gasteiger partial charge is 0.496 e. The lowest BCUT2D eigenvalue weighted by molar-refractivity contribution is -0.124. The molecule has 1 N–H and O–H groups in total. The van der Waals surface area contributed by atoms with Gasteiger partial charge in [-0.25, -0.2) is 9.18 Å². The standard InChI is InChI=1S/C21H18BrFN6O3/c1-27-19-16(18(30)24-21(27)31)28(10-11-5-3-4-6-14(11)23)20-26-25-17(29(19)20)13-9-12(22)7-8-15(13)32-2/h3-9,16,19H,10H2,1-2H3,(H,24,30,31). The maximum Gasteiger partial charge on any atom is 0.325 e. The number of nitrogens with zero attached hydrogens (tertiary/aromatic N) is 5. The Morgan fingerprint density at radius 1 is 1.19 bits per heavy atom. The molecule has 3 amide bonds. The molecule has 2 aliphatic heterocycles. The fraction of sp³-hybridized carbons (Fsp3) is 0.238. The number of carbonyl (C=O) groups is 2. The van der Waals surface area contributed by atoms with E-state index >= 15 is 0 Å². The molecule has 11 heteroatoms. The van der Waals surface area contributed by atoms with E-state index in [1.165, 1.54) is 11.0 Å². The molecule has 3 aromatic rings. The number of amides is 3. The minimum atomic E-state index is -0.806. The number of fused-ring (bicyclic) bond motifs is 3. The van der Waals surface area contributed by atoms with Crippen molar-refractivity contribution in [2.24, 2.45) is 0 Å². The van der Waals surface area contributed by atoms with Gasteiger partial charge in [0, 0.05) is 23.6 Å². The first-order chi connectivity index (χ1) is 15.4. The van der Waals surface area contributed by atoms with Gasteiger partial charge >= 0.3 is 6.03 Å². The number of urea groups is 1. The molecule has 3 heterocycles. The monoisotopic (exact) mass is 500 g/mol. The second-order valence-electron chi connectivity index (χ2n) is 7.52. The van der Waals surface area contributed by atoms with Gasteiger partial charge in [0.25, 0.3) is 5.91 Å². The van der Waals surface area contributed by atoms with Crippen molar-refractivity contribution in [1.82, 2.24) is 25.0 Å². The van der Waals surface area contributed by atoms with Gasteiger partial charge in [-0.1, -0.05) is 34.1 Å². The van der Waals surface area contributed by atoms with Gasteiger partial charge in [0.15, 0.2) is 11.9 Å². The van der Waals surface area contributed by atoms with Crippen LogP contribution in [0.3, 0.4) is 0 Å². The minimum absolute atomic E-state index is 0.0804. The van der Waals surface area contributed by atoms with Crippen molar-refractivity contribution < 1.29 is 18.7 Å². The zero-order chi connectivity index (χ0) is 22.6. The van der Waals surface area contributed by atoms with E-state index in [2.05, 4.69) is 31.4 Å². The van der Waals surface area contributed by atoms with Gasteiger partial charge in [-0.05, 0) is 24.3 Å². The summed E-state index contributed by atoms with van der Waals surface area (Å²) in [5.74, 6) is 0.473. The Morgan fingerprint density at radius 2 is 1.97 bits per heavy atom. The van der Waals surface area contributed by atoms with Crippen molar-refractivity contribution in [3.8, 4) is 17.1 Å². The molecule has 2 atom stereocenters. The summed E-state index contributed by atoms with van der Waals surface area (Å²) >= 11 is 3.46. The number of hydrogen-bond donors (Lipinski definition) is 1. The second kappa shape index (κ2) is 7.59. The maximum atomic E-state index is 14.4. The number of hydrogen-bond acceptors (Lipinski definition) is 6. The van der Waals surface area contributed by atoms with Gasteiger partial charge in [-0.2, -0.15) is 0 Å². The van der Waals surface area contributed by atoms with Crippen LogP contribution in [0.5, 0.6) is 5.75 Å². The van der Waals surface area contributed by atoms with E-state index in [4.69, 9.17) is 4.74 Å².